The predicted octanol–water partition coefficient (Wildman–Crippen LogP) is 2.74. The molecule has 6 heteroatoms. The highest BCUT2D eigenvalue weighted by Crippen LogP contribution is 2.23. The first kappa shape index (κ1) is 14.5. The van der Waals surface area contributed by atoms with E-state index in [9.17, 15) is 5.11 Å². The molecule has 1 fully saturated rings. The molecule has 1 aromatic heterocycles. The van der Waals surface area contributed by atoms with Crippen molar-refractivity contribution < 1.29 is 9.63 Å². The van der Waals surface area contributed by atoms with Crippen LogP contribution >= 0.6 is 11.6 Å². The number of piperidine rings is 1. The molecule has 0 unspecified atom stereocenters. The van der Waals surface area contributed by atoms with Crippen LogP contribution in [0.4, 0.5) is 0 Å². The van der Waals surface area contributed by atoms with Gasteiger partial charge in [-0.3, -0.25) is 4.90 Å². The zero-order valence-corrected chi connectivity index (χ0v) is 12.7. The van der Waals surface area contributed by atoms with Crippen LogP contribution in [-0.2, 0) is 6.54 Å². The van der Waals surface area contributed by atoms with Crippen molar-refractivity contribution in [3.8, 4) is 11.5 Å². The van der Waals surface area contributed by atoms with Crippen LogP contribution in [0.5, 0.6) is 0 Å². The number of likely N-dealkylation sites (tertiary alicyclic amines) is 1. The molecule has 0 saturated carbocycles. The van der Waals surface area contributed by atoms with Gasteiger partial charge < -0.3 is 9.63 Å². The molecule has 1 saturated heterocycles. The van der Waals surface area contributed by atoms with Crippen molar-refractivity contribution in [1.82, 2.24) is 15.0 Å². The van der Waals surface area contributed by atoms with Crippen LogP contribution in [-0.4, -0.2) is 38.8 Å². The van der Waals surface area contributed by atoms with Gasteiger partial charge in [0.05, 0.1) is 12.1 Å². The van der Waals surface area contributed by atoms with Gasteiger partial charge >= 0.3 is 0 Å². The van der Waals surface area contributed by atoms with Crippen LogP contribution in [0.3, 0.4) is 0 Å². The van der Waals surface area contributed by atoms with Crippen LogP contribution in [0.2, 0.25) is 5.02 Å². The zero-order chi connectivity index (χ0) is 14.9. The molecular weight excluding hydrogens is 290 g/mol. The predicted molar refractivity (Wildman–Crippen MR) is 79.9 cm³/mol. The summed E-state index contributed by atoms with van der Waals surface area (Å²) in [6.45, 7) is 4.22. The number of aromatic nitrogens is 2. The van der Waals surface area contributed by atoms with Crippen molar-refractivity contribution in [1.29, 1.82) is 0 Å². The fourth-order valence-electron chi connectivity index (χ4n) is 2.42. The van der Waals surface area contributed by atoms with Crippen LogP contribution < -0.4 is 0 Å². The van der Waals surface area contributed by atoms with Crippen molar-refractivity contribution in [2.75, 3.05) is 13.1 Å². The van der Waals surface area contributed by atoms with Crippen LogP contribution in [0.25, 0.3) is 11.5 Å². The smallest absolute Gasteiger partial charge is 0.257 e. The van der Waals surface area contributed by atoms with E-state index in [4.69, 9.17) is 16.1 Å². The van der Waals surface area contributed by atoms with E-state index in [1.807, 2.05) is 19.1 Å². The Morgan fingerprint density at radius 2 is 1.95 bits per heavy atom. The molecule has 21 heavy (non-hydrogen) atoms. The molecule has 5 nitrogen and oxygen atoms in total. The standard InChI is InChI=1S/C15H18ClN3O2/c1-15(20)6-8-19(9-7-15)10-13-17-14(21-18-13)11-2-4-12(16)5-3-11/h2-5,20H,6-10H2,1H3. The number of aliphatic hydroxyl groups is 1. The summed E-state index contributed by atoms with van der Waals surface area (Å²) >= 11 is 5.86. The van der Waals surface area contributed by atoms with E-state index in [1.54, 1.807) is 12.1 Å². The number of rotatable bonds is 3. The lowest BCUT2D eigenvalue weighted by atomic mass is 9.94. The minimum Gasteiger partial charge on any atom is -0.390 e. The summed E-state index contributed by atoms with van der Waals surface area (Å²) < 4.78 is 5.29. The minimum atomic E-state index is -0.539. The lowest BCUT2D eigenvalue weighted by molar-refractivity contribution is -0.00799. The lowest BCUT2D eigenvalue weighted by Gasteiger charge is -2.35. The molecule has 0 bridgehead atoms. The van der Waals surface area contributed by atoms with Gasteiger partial charge in [-0.15, -0.1) is 0 Å². The maximum atomic E-state index is 9.95. The Bertz CT molecular complexity index is 600. The average molecular weight is 308 g/mol. The summed E-state index contributed by atoms with van der Waals surface area (Å²) in [5.41, 5.74) is 0.321. The topological polar surface area (TPSA) is 62.4 Å². The Labute approximate surface area is 128 Å². The second-order valence-corrected chi connectivity index (χ2v) is 6.23. The average Bonchev–Trinajstić information content (AvgIpc) is 2.91. The van der Waals surface area contributed by atoms with Crippen LogP contribution in [0.1, 0.15) is 25.6 Å². The Kier molecular flexibility index (Phi) is 3.97. The van der Waals surface area contributed by atoms with Gasteiger partial charge in [0.2, 0.25) is 0 Å². The van der Waals surface area contributed by atoms with E-state index >= 15 is 0 Å². The van der Waals surface area contributed by atoms with Crippen molar-refractivity contribution in [2.45, 2.75) is 31.9 Å². The maximum absolute atomic E-state index is 9.95. The highest BCUT2D eigenvalue weighted by Gasteiger charge is 2.27. The second kappa shape index (κ2) is 5.75. The van der Waals surface area contributed by atoms with E-state index in [-0.39, 0.29) is 0 Å². The molecule has 1 N–H and O–H groups in total. The van der Waals surface area contributed by atoms with Crippen molar-refractivity contribution in [2.24, 2.45) is 0 Å². The third kappa shape index (κ3) is 3.61. The van der Waals surface area contributed by atoms with E-state index in [0.29, 0.717) is 23.3 Å². The molecule has 1 aliphatic heterocycles. The quantitative estimate of drug-likeness (QED) is 0.944. The fourth-order valence-corrected chi connectivity index (χ4v) is 2.55. The molecule has 0 amide bonds. The van der Waals surface area contributed by atoms with Gasteiger partial charge in [0, 0.05) is 23.7 Å². The number of nitrogens with zero attached hydrogens (tertiary/aromatic N) is 3. The van der Waals surface area contributed by atoms with Crippen molar-refractivity contribution in [3.63, 3.8) is 0 Å². The SMILES string of the molecule is CC1(O)CCN(Cc2noc(-c3ccc(Cl)cc3)n2)CC1. The van der Waals surface area contributed by atoms with Gasteiger partial charge in [0.25, 0.3) is 5.89 Å². The molecule has 3 rings (SSSR count). The number of hydrogen-bond donors (Lipinski definition) is 1. The second-order valence-electron chi connectivity index (χ2n) is 5.80. The summed E-state index contributed by atoms with van der Waals surface area (Å²) in [4.78, 5) is 6.65. The Morgan fingerprint density at radius 1 is 1.29 bits per heavy atom. The Morgan fingerprint density at radius 3 is 2.62 bits per heavy atom. The maximum Gasteiger partial charge on any atom is 0.257 e. The zero-order valence-electron chi connectivity index (χ0n) is 11.9. The molecule has 0 radical (unpaired) electrons. The number of hydrogen-bond acceptors (Lipinski definition) is 5. The van der Waals surface area contributed by atoms with Crippen molar-refractivity contribution in [3.05, 3.63) is 35.1 Å². The molecule has 0 spiro atoms. The first-order chi connectivity index (χ1) is 10.0. The molecule has 2 aromatic rings. The lowest BCUT2D eigenvalue weighted by Crippen LogP contribution is -2.42. The monoisotopic (exact) mass is 307 g/mol. The van der Waals surface area contributed by atoms with Crippen LogP contribution in [0, 0.1) is 0 Å². The summed E-state index contributed by atoms with van der Waals surface area (Å²) in [6, 6.07) is 7.32. The van der Waals surface area contributed by atoms with Crippen molar-refractivity contribution >= 4 is 11.6 Å². The van der Waals surface area contributed by atoms with Gasteiger partial charge in [0.1, 0.15) is 0 Å². The van der Waals surface area contributed by atoms with Gasteiger partial charge in [-0.05, 0) is 44.0 Å². The minimum absolute atomic E-state index is 0.505. The number of halogens is 1. The molecule has 112 valence electrons. The summed E-state index contributed by atoms with van der Waals surface area (Å²) in [5, 5.41) is 14.6. The number of benzene rings is 1. The van der Waals surface area contributed by atoms with E-state index in [0.717, 1.165) is 31.5 Å². The molecule has 0 atom stereocenters. The van der Waals surface area contributed by atoms with Gasteiger partial charge in [0.15, 0.2) is 5.82 Å². The fraction of sp³-hybridized carbons (Fsp3) is 0.467. The third-order valence-electron chi connectivity index (χ3n) is 3.86. The van der Waals surface area contributed by atoms with Gasteiger partial charge in [-0.1, -0.05) is 16.8 Å². The van der Waals surface area contributed by atoms with E-state index in [2.05, 4.69) is 15.0 Å². The summed E-state index contributed by atoms with van der Waals surface area (Å²) in [7, 11) is 0. The third-order valence-corrected chi connectivity index (χ3v) is 4.11. The van der Waals surface area contributed by atoms with E-state index in [1.165, 1.54) is 0 Å². The highest BCUT2D eigenvalue weighted by molar-refractivity contribution is 6.30. The highest BCUT2D eigenvalue weighted by atomic mass is 35.5. The largest absolute Gasteiger partial charge is 0.390 e. The first-order valence-corrected chi connectivity index (χ1v) is 7.43. The Balaban J connectivity index is 1.64. The van der Waals surface area contributed by atoms with E-state index < -0.39 is 5.60 Å². The summed E-state index contributed by atoms with van der Waals surface area (Å²) in [5.74, 6) is 1.17. The Hall–Kier alpha value is -1.43. The molecule has 2 heterocycles. The normalized spacial score (nSPS) is 18.8. The molecule has 1 aliphatic rings. The molecule has 0 aliphatic carbocycles. The molecule has 1 aromatic carbocycles. The molecular formula is C15H18ClN3O2. The van der Waals surface area contributed by atoms with Gasteiger partial charge in [-0.2, -0.15) is 4.98 Å². The van der Waals surface area contributed by atoms with Crippen LogP contribution in [0.15, 0.2) is 28.8 Å². The summed E-state index contributed by atoms with van der Waals surface area (Å²) in [6.07, 6.45) is 1.55. The van der Waals surface area contributed by atoms with Gasteiger partial charge in [-0.25, -0.2) is 0 Å². The first-order valence-electron chi connectivity index (χ1n) is 7.05.